The zero-order valence-corrected chi connectivity index (χ0v) is 10.9. The van der Waals surface area contributed by atoms with Gasteiger partial charge >= 0.3 is 0 Å². The molecule has 0 aromatic carbocycles. The standard InChI is InChI=1S/C13H21N3O/c1-9(10-5-7-15-8-6-10)16-12(17)11(14)13(2,3)4/h5-9,11H,14H2,1-4H3,(H,16,17)/t9-,11+/m1/s1. The first-order chi connectivity index (χ1) is 7.82. The summed E-state index contributed by atoms with van der Waals surface area (Å²) in [6.07, 6.45) is 3.42. The summed E-state index contributed by atoms with van der Waals surface area (Å²) < 4.78 is 0. The Morgan fingerprint density at radius 1 is 1.35 bits per heavy atom. The Bertz CT molecular complexity index is 370. The van der Waals surface area contributed by atoms with Crippen molar-refractivity contribution in [1.82, 2.24) is 10.3 Å². The van der Waals surface area contributed by atoms with Crippen molar-refractivity contribution in [3.63, 3.8) is 0 Å². The second kappa shape index (κ2) is 5.27. The van der Waals surface area contributed by atoms with Crippen molar-refractivity contribution in [1.29, 1.82) is 0 Å². The minimum Gasteiger partial charge on any atom is -0.348 e. The van der Waals surface area contributed by atoms with Gasteiger partial charge in [-0.15, -0.1) is 0 Å². The van der Waals surface area contributed by atoms with Crippen LogP contribution < -0.4 is 11.1 Å². The Morgan fingerprint density at radius 3 is 2.35 bits per heavy atom. The lowest BCUT2D eigenvalue weighted by atomic mass is 9.87. The van der Waals surface area contributed by atoms with Crippen LogP contribution in [0.25, 0.3) is 0 Å². The summed E-state index contributed by atoms with van der Waals surface area (Å²) in [5, 5.41) is 2.91. The Labute approximate surface area is 103 Å². The number of carbonyl (C=O) groups is 1. The molecule has 17 heavy (non-hydrogen) atoms. The molecule has 0 fully saturated rings. The highest BCUT2D eigenvalue weighted by atomic mass is 16.2. The van der Waals surface area contributed by atoms with E-state index in [4.69, 9.17) is 5.73 Å². The second-order valence-corrected chi connectivity index (χ2v) is 5.35. The molecule has 94 valence electrons. The predicted octanol–water partition coefficient (Wildman–Crippen LogP) is 1.63. The van der Waals surface area contributed by atoms with Crippen LogP contribution in [0.2, 0.25) is 0 Å². The zero-order chi connectivity index (χ0) is 13.1. The smallest absolute Gasteiger partial charge is 0.237 e. The molecule has 4 heteroatoms. The van der Waals surface area contributed by atoms with E-state index < -0.39 is 6.04 Å². The molecule has 0 aliphatic rings. The largest absolute Gasteiger partial charge is 0.348 e. The van der Waals surface area contributed by atoms with Gasteiger partial charge < -0.3 is 11.1 Å². The minimum absolute atomic E-state index is 0.0566. The third-order valence-corrected chi connectivity index (χ3v) is 2.78. The SMILES string of the molecule is C[C@@H](NC(=O)[C@H](N)C(C)(C)C)c1ccncc1. The molecular weight excluding hydrogens is 214 g/mol. The van der Waals surface area contributed by atoms with Gasteiger partial charge in [0.2, 0.25) is 5.91 Å². The average molecular weight is 235 g/mol. The summed E-state index contributed by atoms with van der Waals surface area (Å²) >= 11 is 0. The highest BCUT2D eigenvalue weighted by Gasteiger charge is 2.28. The zero-order valence-electron chi connectivity index (χ0n) is 10.9. The van der Waals surface area contributed by atoms with Gasteiger partial charge in [-0.2, -0.15) is 0 Å². The maximum atomic E-state index is 11.9. The second-order valence-electron chi connectivity index (χ2n) is 5.35. The highest BCUT2D eigenvalue weighted by Crippen LogP contribution is 2.18. The summed E-state index contributed by atoms with van der Waals surface area (Å²) in [6.45, 7) is 7.79. The average Bonchev–Trinajstić information content (AvgIpc) is 2.27. The van der Waals surface area contributed by atoms with Crippen molar-refractivity contribution in [2.45, 2.75) is 39.8 Å². The van der Waals surface area contributed by atoms with E-state index in [1.54, 1.807) is 12.4 Å². The van der Waals surface area contributed by atoms with E-state index in [2.05, 4.69) is 10.3 Å². The van der Waals surface area contributed by atoms with Crippen LogP contribution >= 0.6 is 0 Å². The van der Waals surface area contributed by atoms with Gasteiger partial charge in [0.25, 0.3) is 0 Å². The Balaban J connectivity index is 2.64. The Morgan fingerprint density at radius 2 is 1.88 bits per heavy atom. The Hall–Kier alpha value is -1.42. The fraction of sp³-hybridized carbons (Fsp3) is 0.538. The fourth-order valence-electron chi connectivity index (χ4n) is 1.43. The third-order valence-electron chi connectivity index (χ3n) is 2.78. The molecule has 0 spiro atoms. The lowest BCUT2D eigenvalue weighted by Gasteiger charge is -2.27. The van der Waals surface area contributed by atoms with E-state index in [0.29, 0.717) is 0 Å². The van der Waals surface area contributed by atoms with E-state index in [9.17, 15) is 4.79 Å². The van der Waals surface area contributed by atoms with Gasteiger partial charge in [-0.1, -0.05) is 20.8 Å². The number of hydrogen-bond donors (Lipinski definition) is 2. The van der Waals surface area contributed by atoms with Crippen LogP contribution in [0.5, 0.6) is 0 Å². The molecule has 1 aromatic rings. The molecule has 1 amide bonds. The third kappa shape index (κ3) is 3.82. The number of nitrogens with one attached hydrogen (secondary N) is 1. The quantitative estimate of drug-likeness (QED) is 0.836. The molecule has 0 saturated heterocycles. The first-order valence-electron chi connectivity index (χ1n) is 5.78. The summed E-state index contributed by atoms with van der Waals surface area (Å²) in [5.41, 5.74) is 6.68. The van der Waals surface area contributed by atoms with Crippen LogP contribution in [0.4, 0.5) is 0 Å². The van der Waals surface area contributed by atoms with Crippen molar-refractivity contribution in [2.75, 3.05) is 0 Å². The predicted molar refractivity (Wildman–Crippen MR) is 68.2 cm³/mol. The lowest BCUT2D eigenvalue weighted by Crippen LogP contribution is -2.49. The van der Waals surface area contributed by atoms with Gasteiger partial charge in [0.1, 0.15) is 0 Å². The van der Waals surface area contributed by atoms with Gasteiger partial charge in [0, 0.05) is 12.4 Å². The van der Waals surface area contributed by atoms with E-state index in [1.807, 2.05) is 39.8 Å². The highest BCUT2D eigenvalue weighted by molar-refractivity contribution is 5.82. The van der Waals surface area contributed by atoms with Crippen LogP contribution in [0.1, 0.15) is 39.3 Å². The first-order valence-corrected chi connectivity index (χ1v) is 5.78. The van der Waals surface area contributed by atoms with Crippen LogP contribution in [0.3, 0.4) is 0 Å². The van der Waals surface area contributed by atoms with Gasteiger partial charge in [-0.05, 0) is 30.0 Å². The number of aromatic nitrogens is 1. The normalized spacial score (nSPS) is 15.1. The number of pyridine rings is 1. The molecule has 1 heterocycles. The van der Waals surface area contributed by atoms with Crippen molar-refractivity contribution >= 4 is 5.91 Å². The van der Waals surface area contributed by atoms with Crippen molar-refractivity contribution in [3.05, 3.63) is 30.1 Å². The number of nitrogens with zero attached hydrogens (tertiary/aromatic N) is 1. The number of rotatable bonds is 3. The minimum atomic E-state index is -0.508. The number of amides is 1. The topological polar surface area (TPSA) is 68.0 Å². The molecule has 2 atom stereocenters. The van der Waals surface area contributed by atoms with E-state index in [-0.39, 0.29) is 17.4 Å². The fourth-order valence-corrected chi connectivity index (χ4v) is 1.43. The summed E-state index contributed by atoms with van der Waals surface area (Å²) in [5.74, 6) is -0.123. The van der Waals surface area contributed by atoms with E-state index >= 15 is 0 Å². The monoisotopic (exact) mass is 235 g/mol. The van der Waals surface area contributed by atoms with Crippen molar-refractivity contribution in [2.24, 2.45) is 11.1 Å². The maximum absolute atomic E-state index is 11.9. The molecule has 0 aliphatic carbocycles. The Kier molecular flexibility index (Phi) is 4.23. The summed E-state index contributed by atoms with van der Waals surface area (Å²) in [4.78, 5) is 15.9. The number of carbonyl (C=O) groups excluding carboxylic acids is 1. The van der Waals surface area contributed by atoms with E-state index in [0.717, 1.165) is 5.56 Å². The van der Waals surface area contributed by atoms with Crippen LogP contribution in [-0.2, 0) is 4.79 Å². The maximum Gasteiger partial charge on any atom is 0.237 e. The molecule has 0 unspecified atom stereocenters. The van der Waals surface area contributed by atoms with Gasteiger partial charge in [0.05, 0.1) is 12.1 Å². The number of nitrogens with two attached hydrogens (primary N) is 1. The molecule has 0 bridgehead atoms. The van der Waals surface area contributed by atoms with Gasteiger partial charge in [-0.25, -0.2) is 0 Å². The molecule has 0 aliphatic heterocycles. The molecule has 1 rings (SSSR count). The first kappa shape index (κ1) is 13.6. The van der Waals surface area contributed by atoms with Crippen LogP contribution in [0.15, 0.2) is 24.5 Å². The van der Waals surface area contributed by atoms with Crippen molar-refractivity contribution in [3.8, 4) is 0 Å². The molecule has 4 nitrogen and oxygen atoms in total. The van der Waals surface area contributed by atoms with Gasteiger partial charge in [0.15, 0.2) is 0 Å². The molecule has 0 saturated carbocycles. The van der Waals surface area contributed by atoms with E-state index in [1.165, 1.54) is 0 Å². The lowest BCUT2D eigenvalue weighted by molar-refractivity contribution is -0.125. The summed E-state index contributed by atoms with van der Waals surface area (Å²) in [7, 11) is 0. The molecule has 3 N–H and O–H groups in total. The van der Waals surface area contributed by atoms with Crippen LogP contribution in [0, 0.1) is 5.41 Å². The molecule has 0 radical (unpaired) electrons. The van der Waals surface area contributed by atoms with Crippen LogP contribution in [-0.4, -0.2) is 16.9 Å². The molecular formula is C13H21N3O. The van der Waals surface area contributed by atoms with Gasteiger partial charge in [-0.3, -0.25) is 9.78 Å². The summed E-state index contributed by atoms with van der Waals surface area (Å²) in [6, 6.07) is 3.20. The number of hydrogen-bond acceptors (Lipinski definition) is 3. The van der Waals surface area contributed by atoms with Crippen molar-refractivity contribution < 1.29 is 4.79 Å². The molecule has 1 aromatic heterocycles.